The molecule has 0 aliphatic carbocycles. The molecule has 2 rings (SSSR count). The Balaban J connectivity index is 1.90. The molecule has 17 heavy (non-hydrogen) atoms. The molecule has 88 valence electrons. The summed E-state index contributed by atoms with van der Waals surface area (Å²) in [5.41, 5.74) is 7.88. The molecule has 0 atom stereocenters. The first-order chi connectivity index (χ1) is 8.25. The lowest BCUT2D eigenvalue weighted by atomic mass is 10.3. The Morgan fingerprint density at radius 3 is 2.82 bits per heavy atom. The van der Waals surface area contributed by atoms with Crippen LogP contribution in [0.2, 0.25) is 0 Å². The van der Waals surface area contributed by atoms with Crippen LogP contribution in [0.1, 0.15) is 5.69 Å². The number of nitrogen functional groups attached to an aromatic ring is 1. The van der Waals surface area contributed by atoms with Gasteiger partial charge in [-0.15, -0.1) is 11.8 Å². The van der Waals surface area contributed by atoms with Crippen molar-refractivity contribution in [3.63, 3.8) is 0 Å². The fourth-order valence-corrected chi connectivity index (χ4v) is 2.76. The van der Waals surface area contributed by atoms with Crippen molar-refractivity contribution in [3.05, 3.63) is 52.8 Å². The summed E-state index contributed by atoms with van der Waals surface area (Å²) in [6.45, 7) is 0. The molecule has 0 radical (unpaired) electrons. The molecule has 0 saturated carbocycles. The molecular weight excluding hydrogens is 296 g/mol. The molecule has 1 aromatic carbocycles. The van der Waals surface area contributed by atoms with Gasteiger partial charge in [-0.3, -0.25) is 4.98 Å². The van der Waals surface area contributed by atoms with Gasteiger partial charge in [-0.05, 0) is 36.8 Å². The van der Waals surface area contributed by atoms with E-state index >= 15 is 0 Å². The van der Waals surface area contributed by atoms with Gasteiger partial charge in [0.15, 0.2) is 0 Å². The third kappa shape index (κ3) is 3.75. The van der Waals surface area contributed by atoms with Crippen LogP contribution in [0.15, 0.2) is 52.0 Å². The van der Waals surface area contributed by atoms with Crippen LogP contribution in [0.3, 0.4) is 0 Å². The Morgan fingerprint density at radius 2 is 2.12 bits per heavy atom. The van der Waals surface area contributed by atoms with E-state index in [-0.39, 0.29) is 0 Å². The monoisotopic (exact) mass is 308 g/mol. The average molecular weight is 309 g/mol. The Labute approximate surface area is 114 Å². The number of aryl methyl sites for hydroxylation is 1. The normalized spacial score (nSPS) is 10.4. The van der Waals surface area contributed by atoms with Crippen LogP contribution >= 0.6 is 27.7 Å². The van der Waals surface area contributed by atoms with E-state index in [9.17, 15) is 0 Å². The van der Waals surface area contributed by atoms with Crippen molar-refractivity contribution in [3.8, 4) is 0 Å². The Kier molecular flexibility index (Phi) is 4.45. The molecule has 2 N–H and O–H groups in total. The van der Waals surface area contributed by atoms with Gasteiger partial charge in [0, 0.05) is 32.7 Å². The van der Waals surface area contributed by atoms with Crippen molar-refractivity contribution in [2.75, 3.05) is 11.5 Å². The minimum atomic E-state index is 0.824. The molecule has 0 aliphatic heterocycles. The molecule has 2 nitrogen and oxygen atoms in total. The number of anilines is 1. The van der Waals surface area contributed by atoms with Gasteiger partial charge in [-0.2, -0.15) is 0 Å². The molecule has 0 unspecified atom stereocenters. The summed E-state index contributed by atoms with van der Waals surface area (Å²) >= 11 is 5.17. The number of hydrogen-bond acceptors (Lipinski definition) is 3. The highest BCUT2D eigenvalue weighted by Crippen LogP contribution is 2.28. The first-order valence-corrected chi connectivity index (χ1v) is 7.11. The highest BCUT2D eigenvalue weighted by molar-refractivity contribution is 9.10. The van der Waals surface area contributed by atoms with Crippen molar-refractivity contribution in [2.45, 2.75) is 11.3 Å². The van der Waals surface area contributed by atoms with Crippen LogP contribution in [-0.2, 0) is 6.42 Å². The summed E-state index contributed by atoms with van der Waals surface area (Å²) in [4.78, 5) is 5.42. The van der Waals surface area contributed by atoms with E-state index in [1.165, 1.54) is 0 Å². The molecule has 1 aromatic heterocycles. The Morgan fingerprint density at radius 1 is 1.24 bits per heavy atom. The summed E-state index contributed by atoms with van der Waals surface area (Å²) < 4.78 is 1.02. The molecule has 0 saturated heterocycles. The molecule has 0 fully saturated rings. The van der Waals surface area contributed by atoms with Crippen LogP contribution in [0.4, 0.5) is 5.69 Å². The van der Waals surface area contributed by atoms with Gasteiger partial charge < -0.3 is 5.73 Å². The topological polar surface area (TPSA) is 38.9 Å². The fourth-order valence-electron chi connectivity index (χ4n) is 1.46. The van der Waals surface area contributed by atoms with E-state index in [1.54, 1.807) is 11.8 Å². The highest BCUT2D eigenvalue weighted by atomic mass is 79.9. The number of rotatable bonds is 4. The lowest BCUT2D eigenvalue weighted by Crippen LogP contribution is -1.93. The Hall–Kier alpha value is -1.00. The van der Waals surface area contributed by atoms with Gasteiger partial charge in [0.2, 0.25) is 0 Å². The smallest absolute Gasteiger partial charge is 0.0463 e. The minimum absolute atomic E-state index is 0.824. The quantitative estimate of drug-likeness (QED) is 0.690. The summed E-state index contributed by atoms with van der Waals surface area (Å²) in [5.74, 6) is 0.989. The maximum absolute atomic E-state index is 5.93. The van der Waals surface area contributed by atoms with Gasteiger partial charge in [-0.1, -0.05) is 22.0 Å². The summed E-state index contributed by atoms with van der Waals surface area (Å²) in [6, 6.07) is 12.0. The number of nitrogens with two attached hydrogens (primary N) is 1. The van der Waals surface area contributed by atoms with Crippen LogP contribution in [0.25, 0.3) is 0 Å². The first kappa shape index (κ1) is 12.5. The zero-order valence-electron chi connectivity index (χ0n) is 9.27. The van der Waals surface area contributed by atoms with Gasteiger partial charge in [0.25, 0.3) is 0 Å². The van der Waals surface area contributed by atoms with E-state index < -0.39 is 0 Å². The molecule has 1 heterocycles. The maximum Gasteiger partial charge on any atom is 0.0463 e. The molecule has 0 bridgehead atoms. The highest BCUT2D eigenvalue weighted by Gasteiger charge is 2.01. The number of halogens is 1. The maximum atomic E-state index is 5.93. The van der Waals surface area contributed by atoms with Crippen molar-refractivity contribution >= 4 is 33.4 Å². The molecule has 0 amide bonds. The van der Waals surface area contributed by atoms with Crippen LogP contribution < -0.4 is 5.73 Å². The van der Waals surface area contributed by atoms with E-state index in [0.717, 1.165) is 32.9 Å². The summed E-state index contributed by atoms with van der Waals surface area (Å²) in [7, 11) is 0. The third-order valence-electron chi connectivity index (χ3n) is 2.31. The SMILES string of the molecule is Nc1cc(Br)ccc1SCCc1ccccn1. The standard InChI is InChI=1S/C13H13BrN2S/c14-10-4-5-13(12(15)9-10)17-8-6-11-3-1-2-7-16-11/h1-5,7,9H,6,8,15H2. The van der Waals surface area contributed by atoms with Crippen LogP contribution in [0.5, 0.6) is 0 Å². The van der Waals surface area contributed by atoms with Crippen molar-refractivity contribution in [1.29, 1.82) is 0 Å². The molecule has 0 aliphatic rings. The number of hydrogen-bond donors (Lipinski definition) is 1. The van der Waals surface area contributed by atoms with Crippen molar-refractivity contribution in [1.82, 2.24) is 4.98 Å². The largest absolute Gasteiger partial charge is 0.398 e. The zero-order chi connectivity index (χ0) is 12.1. The van der Waals surface area contributed by atoms with Gasteiger partial charge in [0.05, 0.1) is 0 Å². The van der Waals surface area contributed by atoms with E-state index in [2.05, 4.69) is 20.9 Å². The van der Waals surface area contributed by atoms with Gasteiger partial charge >= 0.3 is 0 Å². The first-order valence-electron chi connectivity index (χ1n) is 5.33. The number of thioether (sulfide) groups is 1. The fraction of sp³-hybridized carbons (Fsp3) is 0.154. The molecular formula is C13H13BrN2S. The second-order valence-electron chi connectivity index (χ2n) is 3.60. The van der Waals surface area contributed by atoms with Crippen LogP contribution in [0, 0.1) is 0 Å². The molecule has 4 heteroatoms. The lowest BCUT2D eigenvalue weighted by Gasteiger charge is -2.05. The van der Waals surface area contributed by atoms with E-state index in [0.29, 0.717) is 0 Å². The second kappa shape index (κ2) is 6.07. The lowest BCUT2D eigenvalue weighted by molar-refractivity contribution is 1.05. The average Bonchev–Trinajstić information content (AvgIpc) is 2.33. The number of aromatic nitrogens is 1. The van der Waals surface area contributed by atoms with Gasteiger partial charge in [0.1, 0.15) is 0 Å². The predicted octanol–water partition coefficient (Wildman–Crippen LogP) is 3.76. The zero-order valence-corrected chi connectivity index (χ0v) is 11.7. The number of pyridine rings is 1. The van der Waals surface area contributed by atoms with E-state index in [1.807, 2.05) is 42.6 Å². The predicted molar refractivity (Wildman–Crippen MR) is 77.2 cm³/mol. The Bertz CT molecular complexity index is 488. The molecule has 0 spiro atoms. The second-order valence-corrected chi connectivity index (χ2v) is 5.65. The number of benzene rings is 1. The van der Waals surface area contributed by atoms with E-state index in [4.69, 9.17) is 5.73 Å². The van der Waals surface area contributed by atoms with Crippen molar-refractivity contribution < 1.29 is 0 Å². The van der Waals surface area contributed by atoms with Crippen molar-refractivity contribution in [2.24, 2.45) is 0 Å². The third-order valence-corrected chi connectivity index (χ3v) is 3.90. The number of nitrogens with zero attached hydrogens (tertiary/aromatic N) is 1. The minimum Gasteiger partial charge on any atom is -0.398 e. The van der Waals surface area contributed by atoms with Crippen LogP contribution in [-0.4, -0.2) is 10.7 Å². The summed E-state index contributed by atoms with van der Waals surface area (Å²) in [5, 5.41) is 0. The summed E-state index contributed by atoms with van der Waals surface area (Å²) in [6.07, 6.45) is 2.79. The van der Waals surface area contributed by atoms with Gasteiger partial charge in [-0.25, -0.2) is 0 Å². The molecule has 2 aromatic rings.